The zero-order valence-electron chi connectivity index (χ0n) is 11.5. The number of nitrogens with zero attached hydrogens (tertiary/aromatic N) is 4. The first-order chi connectivity index (χ1) is 9.81. The van der Waals surface area contributed by atoms with Gasteiger partial charge in [-0.2, -0.15) is 15.0 Å². The van der Waals surface area contributed by atoms with Crippen LogP contribution in [0.1, 0.15) is 26.7 Å². The first-order valence-electron chi connectivity index (χ1n) is 6.52. The van der Waals surface area contributed by atoms with Crippen molar-refractivity contribution >= 4 is 17.7 Å². The van der Waals surface area contributed by atoms with Crippen LogP contribution in [-0.4, -0.2) is 33.1 Å². The molecule has 0 aliphatic carbocycles. The van der Waals surface area contributed by atoms with Gasteiger partial charge in [-0.05, 0) is 12.8 Å². The van der Waals surface area contributed by atoms with Crippen molar-refractivity contribution in [1.82, 2.24) is 19.9 Å². The predicted octanol–water partition coefficient (Wildman–Crippen LogP) is 2.62. The summed E-state index contributed by atoms with van der Waals surface area (Å²) >= 11 is 1.23. The zero-order chi connectivity index (χ0) is 14.2. The van der Waals surface area contributed by atoms with E-state index in [0.29, 0.717) is 28.9 Å². The lowest BCUT2D eigenvalue weighted by atomic mass is 10.5. The van der Waals surface area contributed by atoms with Crippen molar-refractivity contribution < 1.29 is 9.15 Å². The van der Waals surface area contributed by atoms with Crippen LogP contribution in [-0.2, 0) is 0 Å². The molecule has 2 heterocycles. The molecular weight excluding hydrogens is 278 g/mol. The van der Waals surface area contributed by atoms with Crippen LogP contribution in [0.3, 0.4) is 0 Å². The van der Waals surface area contributed by atoms with Gasteiger partial charge >= 0.3 is 6.01 Å². The van der Waals surface area contributed by atoms with Crippen LogP contribution in [0, 0.1) is 0 Å². The molecule has 0 aromatic carbocycles. The van der Waals surface area contributed by atoms with E-state index in [9.17, 15) is 0 Å². The Morgan fingerprint density at radius 2 is 2.15 bits per heavy atom. The number of anilines is 1. The number of rotatable bonds is 8. The fourth-order valence-electron chi connectivity index (χ4n) is 1.30. The number of oxazole rings is 1. The van der Waals surface area contributed by atoms with Gasteiger partial charge in [0.15, 0.2) is 0 Å². The van der Waals surface area contributed by atoms with Gasteiger partial charge in [0.05, 0.1) is 12.8 Å². The number of hydrogen-bond acceptors (Lipinski definition) is 8. The Kier molecular flexibility index (Phi) is 5.60. The summed E-state index contributed by atoms with van der Waals surface area (Å²) in [6, 6.07) is 0.314. The fraction of sp³-hybridized carbons (Fsp3) is 0.500. The van der Waals surface area contributed by atoms with Gasteiger partial charge in [-0.25, -0.2) is 4.98 Å². The monoisotopic (exact) mass is 295 g/mol. The van der Waals surface area contributed by atoms with E-state index in [1.165, 1.54) is 18.0 Å². The molecule has 20 heavy (non-hydrogen) atoms. The maximum absolute atomic E-state index is 5.47. The van der Waals surface area contributed by atoms with Crippen LogP contribution < -0.4 is 10.1 Å². The minimum atomic E-state index is 0.314. The summed E-state index contributed by atoms with van der Waals surface area (Å²) in [7, 11) is 0. The third-order valence-corrected chi connectivity index (χ3v) is 2.89. The van der Waals surface area contributed by atoms with E-state index in [1.807, 2.05) is 6.92 Å². The first-order valence-corrected chi connectivity index (χ1v) is 7.33. The van der Waals surface area contributed by atoms with Crippen molar-refractivity contribution in [2.24, 2.45) is 0 Å². The molecule has 0 atom stereocenters. The average Bonchev–Trinajstić information content (AvgIpc) is 2.95. The minimum absolute atomic E-state index is 0.314. The van der Waals surface area contributed by atoms with Gasteiger partial charge in [0, 0.05) is 18.3 Å². The molecule has 2 rings (SSSR count). The van der Waals surface area contributed by atoms with E-state index >= 15 is 0 Å². The lowest BCUT2D eigenvalue weighted by molar-refractivity contribution is 0.288. The molecule has 0 spiro atoms. The lowest BCUT2D eigenvalue weighted by Crippen LogP contribution is -2.08. The summed E-state index contributed by atoms with van der Waals surface area (Å²) < 4.78 is 10.6. The number of ether oxygens (including phenoxy) is 1. The average molecular weight is 295 g/mol. The van der Waals surface area contributed by atoms with Gasteiger partial charge in [-0.15, -0.1) is 0 Å². The van der Waals surface area contributed by atoms with Crippen molar-refractivity contribution in [2.75, 3.05) is 18.5 Å². The van der Waals surface area contributed by atoms with Crippen molar-refractivity contribution in [3.8, 4) is 6.01 Å². The van der Waals surface area contributed by atoms with Crippen molar-refractivity contribution in [1.29, 1.82) is 0 Å². The van der Waals surface area contributed by atoms with Gasteiger partial charge in [0.1, 0.15) is 6.26 Å². The second-order valence-corrected chi connectivity index (χ2v) is 4.82. The SMILES string of the molecule is CCCNc1nc(OCCC)nc(Sc2ncco2)n1. The second kappa shape index (κ2) is 7.68. The van der Waals surface area contributed by atoms with Crippen LogP contribution in [0.5, 0.6) is 6.01 Å². The van der Waals surface area contributed by atoms with E-state index in [2.05, 4.69) is 32.2 Å². The Labute approximate surface area is 121 Å². The molecule has 2 aromatic heterocycles. The highest BCUT2D eigenvalue weighted by Gasteiger charge is 2.11. The van der Waals surface area contributed by atoms with E-state index in [1.54, 1.807) is 6.20 Å². The Morgan fingerprint density at radius 1 is 1.25 bits per heavy atom. The third kappa shape index (κ3) is 4.37. The van der Waals surface area contributed by atoms with Crippen molar-refractivity contribution in [3.05, 3.63) is 12.5 Å². The van der Waals surface area contributed by atoms with Crippen molar-refractivity contribution in [3.63, 3.8) is 0 Å². The Balaban J connectivity index is 2.15. The zero-order valence-corrected chi connectivity index (χ0v) is 12.3. The van der Waals surface area contributed by atoms with Crippen LogP contribution in [0.4, 0.5) is 5.95 Å². The van der Waals surface area contributed by atoms with Gasteiger partial charge in [0.2, 0.25) is 11.1 Å². The molecular formula is C12H17N5O2S. The van der Waals surface area contributed by atoms with Gasteiger partial charge in [-0.3, -0.25) is 0 Å². The van der Waals surface area contributed by atoms with E-state index < -0.39 is 0 Å². The summed E-state index contributed by atoms with van der Waals surface area (Å²) in [4.78, 5) is 16.8. The molecule has 0 aliphatic heterocycles. The van der Waals surface area contributed by atoms with Gasteiger partial charge in [-0.1, -0.05) is 13.8 Å². The molecule has 1 N–H and O–H groups in total. The smallest absolute Gasteiger partial charge is 0.322 e. The highest BCUT2D eigenvalue weighted by Crippen LogP contribution is 2.24. The Hall–Kier alpha value is -1.83. The molecule has 0 fully saturated rings. The molecule has 0 unspecified atom stereocenters. The summed E-state index contributed by atoms with van der Waals surface area (Å²) in [6.07, 6.45) is 4.97. The van der Waals surface area contributed by atoms with E-state index in [0.717, 1.165) is 19.4 Å². The second-order valence-electron chi connectivity index (χ2n) is 3.90. The molecule has 8 heteroatoms. The summed E-state index contributed by atoms with van der Waals surface area (Å²) in [5.74, 6) is 0.502. The lowest BCUT2D eigenvalue weighted by Gasteiger charge is -2.07. The molecule has 0 aliphatic rings. The maximum Gasteiger partial charge on any atom is 0.322 e. The molecule has 0 saturated heterocycles. The van der Waals surface area contributed by atoms with Crippen LogP contribution >= 0.6 is 11.8 Å². The molecule has 7 nitrogen and oxygen atoms in total. The molecule has 108 valence electrons. The predicted molar refractivity (Wildman–Crippen MR) is 75.0 cm³/mol. The first kappa shape index (κ1) is 14.6. The summed E-state index contributed by atoms with van der Waals surface area (Å²) in [5.41, 5.74) is 0. The van der Waals surface area contributed by atoms with Crippen LogP contribution in [0.15, 0.2) is 27.3 Å². The number of hydrogen-bond donors (Lipinski definition) is 1. The van der Waals surface area contributed by atoms with E-state index in [-0.39, 0.29) is 0 Å². The quantitative estimate of drug-likeness (QED) is 0.795. The minimum Gasteiger partial charge on any atom is -0.463 e. The number of nitrogens with one attached hydrogen (secondary N) is 1. The van der Waals surface area contributed by atoms with E-state index in [4.69, 9.17) is 9.15 Å². The maximum atomic E-state index is 5.47. The molecule has 0 amide bonds. The summed E-state index contributed by atoms with van der Waals surface area (Å²) in [6.45, 7) is 5.46. The van der Waals surface area contributed by atoms with Gasteiger partial charge < -0.3 is 14.5 Å². The van der Waals surface area contributed by atoms with Crippen LogP contribution in [0.2, 0.25) is 0 Å². The molecule has 2 aromatic rings. The Bertz CT molecular complexity index is 494. The van der Waals surface area contributed by atoms with Gasteiger partial charge in [0.25, 0.3) is 5.22 Å². The number of aromatic nitrogens is 4. The standard InChI is InChI=1S/C12H17N5O2S/c1-3-5-13-9-15-10(18-7-4-2)17-11(16-9)20-12-14-6-8-19-12/h6,8H,3-5,7H2,1-2H3,(H,13,15,16,17). The highest BCUT2D eigenvalue weighted by atomic mass is 32.2. The molecule has 0 bridgehead atoms. The highest BCUT2D eigenvalue weighted by molar-refractivity contribution is 7.98. The Morgan fingerprint density at radius 3 is 2.85 bits per heavy atom. The molecule has 0 radical (unpaired) electrons. The topological polar surface area (TPSA) is 86.0 Å². The normalized spacial score (nSPS) is 10.5. The van der Waals surface area contributed by atoms with Crippen LogP contribution in [0.25, 0.3) is 0 Å². The van der Waals surface area contributed by atoms with Crippen molar-refractivity contribution in [2.45, 2.75) is 37.1 Å². The summed E-state index contributed by atoms with van der Waals surface area (Å²) in [5, 5.41) is 4.10. The fourth-order valence-corrected chi connectivity index (χ4v) is 1.93. The molecule has 0 saturated carbocycles. The largest absolute Gasteiger partial charge is 0.463 e. The third-order valence-electron chi connectivity index (χ3n) is 2.15.